The number of carbonyl (C=O) groups is 1. The molecule has 0 aliphatic rings. The molecule has 0 atom stereocenters. The van der Waals surface area contributed by atoms with Crippen molar-refractivity contribution in [3.63, 3.8) is 0 Å². The molecule has 0 spiro atoms. The van der Waals surface area contributed by atoms with Gasteiger partial charge in [0.2, 0.25) is 0 Å². The third-order valence-corrected chi connectivity index (χ3v) is 3.34. The molecule has 0 fully saturated rings. The molecule has 0 unspecified atom stereocenters. The second kappa shape index (κ2) is 5.65. The summed E-state index contributed by atoms with van der Waals surface area (Å²) in [7, 11) is -1.05. The largest absolute Gasteiger partial charge is 0.458 e. The first-order valence-corrected chi connectivity index (χ1v) is 9.10. The van der Waals surface area contributed by atoms with Gasteiger partial charge in [-0.3, -0.25) is 0 Å². The van der Waals surface area contributed by atoms with E-state index in [2.05, 4.69) is 19.6 Å². The van der Waals surface area contributed by atoms with Gasteiger partial charge in [0.05, 0.1) is 0 Å². The molecule has 0 amide bonds. The van der Waals surface area contributed by atoms with Crippen LogP contribution in [0.4, 0.5) is 0 Å². The van der Waals surface area contributed by atoms with Crippen LogP contribution in [0.2, 0.25) is 25.7 Å². The van der Waals surface area contributed by atoms with E-state index in [1.54, 1.807) is 0 Å². The van der Waals surface area contributed by atoms with Crippen LogP contribution < -0.4 is 0 Å². The summed E-state index contributed by atoms with van der Waals surface area (Å²) in [4.78, 5) is 11.2. The van der Waals surface area contributed by atoms with Crippen molar-refractivity contribution in [1.29, 1.82) is 0 Å². The van der Waals surface area contributed by atoms with Gasteiger partial charge in [-0.25, -0.2) is 4.79 Å². The van der Waals surface area contributed by atoms with Crippen LogP contribution in [0, 0.1) is 0 Å². The van der Waals surface area contributed by atoms with Crippen molar-refractivity contribution in [2.24, 2.45) is 0 Å². The number of carbonyl (C=O) groups excluding carboxylic acids is 1. The highest BCUT2D eigenvalue weighted by molar-refractivity contribution is 6.76. The zero-order valence-electron chi connectivity index (χ0n) is 10.8. The molecule has 3 nitrogen and oxygen atoms in total. The van der Waals surface area contributed by atoms with Gasteiger partial charge in [-0.05, 0) is 26.8 Å². The molecule has 0 bridgehead atoms. The summed E-state index contributed by atoms with van der Waals surface area (Å²) in [5.41, 5.74) is -0.417. The molecule has 0 rings (SSSR count). The Morgan fingerprint density at radius 2 is 1.73 bits per heavy atom. The second-order valence-electron chi connectivity index (χ2n) is 5.95. The molecule has 0 aliphatic heterocycles. The average Bonchev–Trinajstić information content (AvgIpc) is 1.92. The highest BCUT2D eigenvalue weighted by Crippen LogP contribution is 2.09. The van der Waals surface area contributed by atoms with Gasteiger partial charge in [-0.2, -0.15) is 0 Å². The van der Waals surface area contributed by atoms with Crippen LogP contribution in [0.15, 0.2) is 0 Å². The molecule has 0 saturated heterocycles. The molecule has 0 aromatic heterocycles. The van der Waals surface area contributed by atoms with Crippen LogP contribution in [-0.4, -0.2) is 32.9 Å². The quantitative estimate of drug-likeness (QED) is 0.415. The molecule has 15 heavy (non-hydrogen) atoms. The highest BCUT2D eigenvalue weighted by Gasteiger charge is 2.17. The maximum Gasteiger partial charge on any atom is 0.332 e. The molecular formula is C11H24O3Si. The molecule has 90 valence electrons. The lowest BCUT2D eigenvalue weighted by molar-refractivity contribution is -0.160. The van der Waals surface area contributed by atoms with E-state index in [4.69, 9.17) is 9.47 Å². The summed E-state index contributed by atoms with van der Waals surface area (Å²) in [6.45, 7) is 13.1. The fraction of sp³-hybridized carbons (Fsp3) is 0.909. The Balaban J connectivity index is 3.57. The third kappa shape index (κ3) is 11.6. The average molecular weight is 232 g/mol. The molecule has 4 heteroatoms. The Morgan fingerprint density at radius 1 is 1.20 bits per heavy atom. The van der Waals surface area contributed by atoms with Gasteiger partial charge in [0.15, 0.2) is 0 Å². The summed E-state index contributed by atoms with van der Waals surface area (Å²) in [5, 5.41) is 0. The first kappa shape index (κ1) is 14.6. The maximum absolute atomic E-state index is 11.2. The van der Waals surface area contributed by atoms with Gasteiger partial charge in [-0.1, -0.05) is 19.6 Å². The van der Waals surface area contributed by atoms with Crippen LogP contribution in [0.1, 0.15) is 20.8 Å². The van der Waals surface area contributed by atoms with Crippen molar-refractivity contribution in [3.8, 4) is 0 Å². The lowest BCUT2D eigenvalue weighted by Crippen LogP contribution is -2.27. The number of rotatable bonds is 5. The van der Waals surface area contributed by atoms with Crippen molar-refractivity contribution >= 4 is 14.0 Å². The molecule has 0 radical (unpaired) electrons. The lowest BCUT2D eigenvalue weighted by atomic mass is 10.2. The zero-order valence-corrected chi connectivity index (χ0v) is 11.8. The minimum absolute atomic E-state index is 0.0712. The van der Waals surface area contributed by atoms with Crippen LogP contribution in [0.3, 0.4) is 0 Å². The molecule has 0 aromatic carbocycles. The van der Waals surface area contributed by atoms with Crippen molar-refractivity contribution in [1.82, 2.24) is 0 Å². The summed E-state index contributed by atoms with van der Waals surface area (Å²) >= 11 is 0. The maximum atomic E-state index is 11.2. The number of ether oxygens (including phenoxy) is 2. The molecular weight excluding hydrogens is 208 g/mol. The third-order valence-electron chi connectivity index (χ3n) is 1.64. The standard InChI is InChI=1S/C11H24O3Si/c1-11(2,3)14-10(12)9-13-7-8-15(4,5)6/h7-9H2,1-6H3. The predicted octanol–water partition coefficient (Wildman–Crippen LogP) is 2.68. The molecule has 0 aromatic rings. The summed E-state index contributed by atoms with van der Waals surface area (Å²) in [6.07, 6.45) is 0. The van der Waals surface area contributed by atoms with Crippen LogP contribution >= 0.6 is 0 Å². The van der Waals surface area contributed by atoms with Gasteiger partial charge in [0.1, 0.15) is 12.2 Å². The van der Waals surface area contributed by atoms with E-state index >= 15 is 0 Å². The van der Waals surface area contributed by atoms with Crippen molar-refractivity contribution in [2.45, 2.75) is 52.1 Å². The first-order valence-electron chi connectivity index (χ1n) is 5.40. The predicted molar refractivity (Wildman–Crippen MR) is 64.8 cm³/mol. The number of hydrogen-bond donors (Lipinski definition) is 0. The second-order valence-corrected chi connectivity index (χ2v) is 11.6. The van der Waals surface area contributed by atoms with Gasteiger partial charge >= 0.3 is 5.97 Å². The van der Waals surface area contributed by atoms with E-state index < -0.39 is 13.7 Å². The Hall–Kier alpha value is -0.353. The van der Waals surface area contributed by atoms with Crippen LogP contribution in [-0.2, 0) is 14.3 Å². The van der Waals surface area contributed by atoms with Gasteiger partial charge in [0, 0.05) is 14.7 Å². The minimum atomic E-state index is -1.05. The molecule has 0 N–H and O–H groups in total. The van der Waals surface area contributed by atoms with Crippen molar-refractivity contribution in [2.75, 3.05) is 13.2 Å². The summed E-state index contributed by atoms with van der Waals surface area (Å²) < 4.78 is 10.4. The summed E-state index contributed by atoms with van der Waals surface area (Å²) in [6, 6.07) is 1.08. The first-order chi connectivity index (χ1) is 6.60. The van der Waals surface area contributed by atoms with E-state index in [0.29, 0.717) is 6.61 Å². The Labute approximate surface area is 94.2 Å². The lowest BCUT2D eigenvalue weighted by Gasteiger charge is -2.20. The van der Waals surface area contributed by atoms with Gasteiger partial charge in [0.25, 0.3) is 0 Å². The Kier molecular flexibility index (Phi) is 5.52. The SMILES string of the molecule is CC(C)(C)OC(=O)COCC[Si](C)(C)C. The zero-order chi connectivity index (χ0) is 12.1. The van der Waals surface area contributed by atoms with E-state index in [1.807, 2.05) is 20.8 Å². The smallest absolute Gasteiger partial charge is 0.332 e. The fourth-order valence-corrected chi connectivity index (χ4v) is 1.66. The molecule has 0 aliphatic carbocycles. The van der Waals surface area contributed by atoms with Crippen LogP contribution in [0.5, 0.6) is 0 Å². The van der Waals surface area contributed by atoms with E-state index in [9.17, 15) is 4.79 Å². The van der Waals surface area contributed by atoms with Gasteiger partial charge < -0.3 is 9.47 Å². The minimum Gasteiger partial charge on any atom is -0.458 e. The normalized spacial score (nSPS) is 12.7. The molecule has 0 heterocycles. The number of esters is 1. The topological polar surface area (TPSA) is 35.5 Å². The van der Waals surface area contributed by atoms with E-state index in [1.165, 1.54) is 0 Å². The van der Waals surface area contributed by atoms with E-state index in [0.717, 1.165) is 6.04 Å². The van der Waals surface area contributed by atoms with Crippen molar-refractivity contribution in [3.05, 3.63) is 0 Å². The van der Waals surface area contributed by atoms with Crippen LogP contribution in [0.25, 0.3) is 0 Å². The Morgan fingerprint density at radius 3 is 2.13 bits per heavy atom. The van der Waals surface area contributed by atoms with Crippen molar-refractivity contribution < 1.29 is 14.3 Å². The molecule has 0 saturated carbocycles. The number of hydrogen-bond acceptors (Lipinski definition) is 3. The monoisotopic (exact) mass is 232 g/mol. The fourth-order valence-electron chi connectivity index (χ4n) is 0.905. The summed E-state index contributed by atoms with van der Waals surface area (Å²) in [5.74, 6) is -0.280. The highest BCUT2D eigenvalue weighted by atomic mass is 28.3. The van der Waals surface area contributed by atoms with E-state index in [-0.39, 0.29) is 12.6 Å². The Bertz CT molecular complexity index is 201. The van der Waals surface area contributed by atoms with Gasteiger partial charge in [-0.15, -0.1) is 0 Å².